The van der Waals surface area contributed by atoms with Crippen LogP contribution in [0.1, 0.15) is 58.4 Å². The summed E-state index contributed by atoms with van der Waals surface area (Å²) < 4.78 is 6.43. The molecule has 1 aromatic rings. The molecular formula is C18H34NSn+. The van der Waals surface area contributed by atoms with E-state index in [1.54, 1.807) is 12.5 Å². The van der Waals surface area contributed by atoms with Gasteiger partial charge in [0.25, 0.3) is 0 Å². The van der Waals surface area contributed by atoms with Gasteiger partial charge in [0.15, 0.2) is 0 Å². The molecule has 0 aliphatic heterocycles. The van der Waals surface area contributed by atoms with Crippen LogP contribution in [0.25, 0.3) is 0 Å². The fraction of sp³-hybridized carbons (Fsp3) is 0.667. The van der Waals surface area contributed by atoms with E-state index in [1.807, 2.05) is 0 Å². The summed E-state index contributed by atoms with van der Waals surface area (Å²) in [7, 11) is 0. The van der Waals surface area contributed by atoms with Crippen LogP contribution < -0.4 is 9.31 Å². The van der Waals surface area contributed by atoms with Gasteiger partial charge in [-0.1, -0.05) is 0 Å². The van der Waals surface area contributed by atoms with Crippen molar-refractivity contribution < 1.29 is 5.73 Å². The molecule has 1 aromatic carbocycles. The fourth-order valence-corrected chi connectivity index (χ4v) is 19.3. The zero-order chi connectivity index (χ0) is 14.8. The quantitative estimate of drug-likeness (QED) is 0.590. The third-order valence-electron chi connectivity index (χ3n) is 4.57. The second-order valence-corrected chi connectivity index (χ2v) is 19.4. The van der Waals surface area contributed by atoms with Gasteiger partial charge < -0.3 is 0 Å². The maximum atomic E-state index is 4.07. The predicted molar refractivity (Wildman–Crippen MR) is 93.0 cm³/mol. The topological polar surface area (TPSA) is 27.6 Å². The third kappa shape index (κ3) is 5.07. The van der Waals surface area contributed by atoms with Gasteiger partial charge in [-0.25, -0.2) is 0 Å². The molecule has 0 aliphatic carbocycles. The van der Waals surface area contributed by atoms with Crippen molar-refractivity contribution in [2.45, 2.75) is 72.7 Å². The van der Waals surface area contributed by atoms with Crippen LogP contribution in [0, 0.1) is 0 Å². The van der Waals surface area contributed by atoms with Gasteiger partial charge >= 0.3 is 130 Å². The van der Waals surface area contributed by atoms with E-state index in [9.17, 15) is 0 Å². The molecule has 0 aromatic heterocycles. The van der Waals surface area contributed by atoms with E-state index in [2.05, 4.69) is 50.8 Å². The van der Waals surface area contributed by atoms with E-state index in [-0.39, 0.29) is 0 Å². The van der Waals surface area contributed by atoms with Crippen LogP contribution in [0.4, 0.5) is 0 Å². The summed E-state index contributed by atoms with van der Waals surface area (Å²) in [5.41, 5.74) is 5.51. The normalized spacial score (nSPS) is 11.8. The molecule has 0 saturated carbocycles. The number of rotatable bonds is 10. The summed E-state index contributed by atoms with van der Waals surface area (Å²) in [4.78, 5) is 0. The molecule has 0 radical (unpaired) electrons. The van der Waals surface area contributed by atoms with Gasteiger partial charge in [0.05, 0.1) is 0 Å². The first-order valence-electron chi connectivity index (χ1n) is 8.61. The zero-order valence-electron chi connectivity index (χ0n) is 13.9. The van der Waals surface area contributed by atoms with Crippen molar-refractivity contribution in [1.82, 2.24) is 0 Å². The van der Waals surface area contributed by atoms with Crippen molar-refractivity contribution in [2.75, 3.05) is 0 Å². The van der Waals surface area contributed by atoms with E-state index < -0.39 is 18.4 Å². The molecule has 3 N–H and O–H groups in total. The van der Waals surface area contributed by atoms with E-state index in [1.165, 1.54) is 42.1 Å². The van der Waals surface area contributed by atoms with Crippen molar-refractivity contribution in [3.05, 3.63) is 29.8 Å². The average Bonchev–Trinajstić information content (AvgIpc) is 2.50. The zero-order valence-corrected chi connectivity index (χ0v) is 16.7. The monoisotopic (exact) mass is 384 g/mol. The minimum atomic E-state index is -2.16. The van der Waals surface area contributed by atoms with Crippen molar-refractivity contribution >= 4 is 22.0 Å². The molecule has 0 bridgehead atoms. The van der Waals surface area contributed by atoms with Crippen molar-refractivity contribution in [1.29, 1.82) is 0 Å². The van der Waals surface area contributed by atoms with E-state index >= 15 is 0 Å². The Kier molecular flexibility index (Phi) is 8.86. The first kappa shape index (κ1) is 18.0. The van der Waals surface area contributed by atoms with Crippen molar-refractivity contribution in [3.8, 4) is 0 Å². The van der Waals surface area contributed by atoms with Gasteiger partial charge in [-0.2, -0.15) is 0 Å². The van der Waals surface area contributed by atoms with Crippen molar-refractivity contribution in [2.24, 2.45) is 0 Å². The number of unbranched alkanes of at least 4 members (excludes halogenated alkanes) is 2. The number of hydrogen-bond acceptors (Lipinski definition) is 0. The summed E-state index contributed by atoms with van der Waals surface area (Å²) in [6.45, 7) is 8.00. The van der Waals surface area contributed by atoms with Gasteiger partial charge in [-0.05, 0) is 0 Å². The van der Waals surface area contributed by atoms with E-state index in [0.29, 0.717) is 0 Å². The molecule has 20 heavy (non-hydrogen) atoms. The van der Waals surface area contributed by atoms with Crippen LogP contribution in [0.5, 0.6) is 0 Å². The van der Waals surface area contributed by atoms with Gasteiger partial charge in [-0.3, -0.25) is 0 Å². The molecule has 0 aliphatic rings. The molecular weight excluding hydrogens is 349 g/mol. The van der Waals surface area contributed by atoms with E-state index in [4.69, 9.17) is 0 Å². The number of benzene rings is 1. The van der Waals surface area contributed by atoms with Gasteiger partial charge in [-0.15, -0.1) is 0 Å². The molecule has 2 heteroatoms. The van der Waals surface area contributed by atoms with Gasteiger partial charge in [0.1, 0.15) is 0 Å². The Balaban J connectivity index is 3.08. The van der Waals surface area contributed by atoms with Crippen LogP contribution >= 0.6 is 0 Å². The van der Waals surface area contributed by atoms with Crippen molar-refractivity contribution in [3.63, 3.8) is 0 Å². The Morgan fingerprint density at radius 3 is 2.05 bits per heavy atom. The minimum absolute atomic E-state index is 0.934. The average molecular weight is 383 g/mol. The van der Waals surface area contributed by atoms with Crippen LogP contribution in [0.3, 0.4) is 0 Å². The molecule has 0 heterocycles. The van der Waals surface area contributed by atoms with Crippen LogP contribution in [-0.4, -0.2) is 18.4 Å². The Bertz CT molecular complexity index is 367. The Morgan fingerprint density at radius 1 is 0.900 bits per heavy atom. The van der Waals surface area contributed by atoms with Gasteiger partial charge in [0.2, 0.25) is 0 Å². The molecule has 114 valence electrons. The molecule has 1 rings (SSSR count). The molecule has 0 fully saturated rings. The summed E-state index contributed by atoms with van der Waals surface area (Å²) in [5.74, 6) is 0. The molecule has 0 unspecified atom stereocenters. The molecule has 0 saturated heterocycles. The summed E-state index contributed by atoms with van der Waals surface area (Å²) in [6, 6.07) is 9.51. The predicted octanol–water partition coefficient (Wildman–Crippen LogP) is 4.09. The molecule has 0 amide bonds. The third-order valence-corrected chi connectivity index (χ3v) is 20.6. The first-order chi connectivity index (χ1) is 9.72. The summed E-state index contributed by atoms with van der Waals surface area (Å²) >= 11 is -2.16. The second kappa shape index (κ2) is 9.83. The van der Waals surface area contributed by atoms with Crippen LogP contribution in [0.15, 0.2) is 24.3 Å². The van der Waals surface area contributed by atoms with Crippen LogP contribution in [0.2, 0.25) is 13.3 Å². The number of hydrogen-bond donors (Lipinski definition) is 1. The van der Waals surface area contributed by atoms with Gasteiger partial charge in [0, 0.05) is 0 Å². The fourth-order valence-electron chi connectivity index (χ4n) is 3.37. The SMILES string of the molecule is CCC[CH2][Sn]([CH2]CC)([CH2]CCC)[c]1cccc(C[NH3+])c1. The Hall–Kier alpha value is -0.0213. The Labute approximate surface area is 130 Å². The molecule has 0 atom stereocenters. The second-order valence-electron chi connectivity index (χ2n) is 6.19. The molecule has 0 spiro atoms. The first-order valence-corrected chi connectivity index (χ1v) is 16.1. The van der Waals surface area contributed by atoms with Crippen LogP contribution in [-0.2, 0) is 6.54 Å². The van der Waals surface area contributed by atoms with E-state index in [0.717, 1.165) is 6.54 Å². The Morgan fingerprint density at radius 2 is 1.55 bits per heavy atom. The number of quaternary nitrogens is 1. The standard InChI is InChI=1S/C7H8N.2C4H9.C3H7.Sn/c8-6-7-4-2-1-3-5-7;2*1-3-4-2;1-3-2;/h1-2,4-5H,6,8H2;2*1,3-4H2,2H3;1,3H2,2H3;/p+1. The summed E-state index contributed by atoms with van der Waals surface area (Å²) in [5, 5.41) is 0. The maximum absolute atomic E-state index is 4.07. The molecule has 1 nitrogen and oxygen atoms in total. The summed E-state index contributed by atoms with van der Waals surface area (Å²) in [6.07, 6.45) is 6.95.